The van der Waals surface area contributed by atoms with Gasteiger partial charge in [-0.3, -0.25) is 5.32 Å². The Bertz CT molecular complexity index is 1260. The predicted molar refractivity (Wildman–Crippen MR) is 132 cm³/mol. The molecule has 0 aliphatic heterocycles. The predicted octanol–water partition coefficient (Wildman–Crippen LogP) is 3.34. The van der Waals surface area contributed by atoms with E-state index < -0.39 is 6.09 Å². The van der Waals surface area contributed by atoms with E-state index >= 15 is 0 Å². The molecule has 1 amide bonds. The van der Waals surface area contributed by atoms with Crippen molar-refractivity contribution < 1.29 is 19.1 Å². The number of carbonyl (C=O) groups is 1. The van der Waals surface area contributed by atoms with E-state index in [1.54, 1.807) is 33.9 Å². The number of aromatic nitrogens is 5. The minimum atomic E-state index is -0.511. The number of nitrogen functional groups attached to an aromatic ring is 1. The van der Waals surface area contributed by atoms with Gasteiger partial charge in [-0.1, -0.05) is 38.9 Å². The Morgan fingerprint density at radius 1 is 1.26 bits per heavy atom. The summed E-state index contributed by atoms with van der Waals surface area (Å²) in [4.78, 5) is 20.6. The van der Waals surface area contributed by atoms with Crippen LogP contribution in [0.1, 0.15) is 11.1 Å². The smallest absolute Gasteiger partial charge is 0.411 e. The second-order valence-corrected chi connectivity index (χ2v) is 9.81. The molecule has 3 aromatic heterocycles. The molecule has 4 N–H and O–H groups in total. The maximum Gasteiger partial charge on any atom is 0.411 e. The Kier molecular flexibility index (Phi) is 7.87. The molecule has 13 heteroatoms. The summed E-state index contributed by atoms with van der Waals surface area (Å²) < 4.78 is 12.3. The summed E-state index contributed by atoms with van der Waals surface area (Å²) in [6.45, 7) is 2.72. The number of aryl methyl sites for hydroxylation is 1. The number of anilines is 2. The molecule has 11 nitrogen and oxygen atoms in total. The minimum absolute atomic E-state index is 0.0991. The Labute approximate surface area is 202 Å². The fraction of sp³-hybridized carbons (Fsp3) is 0.286. The van der Waals surface area contributed by atoms with Gasteiger partial charge in [-0.15, -0.1) is 5.10 Å². The number of hydrogen-bond acceptors (Lipinski definition) is 11. The van der Waals surface area contributed by atoms with Crippen molar-refractivity contribution in [1.29, 1.82) is 0 Å². The second kappa shape index (κ2) is 11.2. The topological polar surface area (TPSA) is 154 Å². The van der Waals surface area contributed by atoms with Crippen LogP contribution in [0.4, 0.5) is 16.4 Å². The van der Waals surface area contributed by atoms with E-state index in [2.05, 4.69) is 25.6 Å². The van der Waals surface area contributed by atoms with Crippen molar-refractivity contribution in [3.63, 3.8) is 0 Å². The largest absolute Gasteiger partial charge is 0.463 e. The van der Waals surface area contributed by atoms with E-state index in [-0.39, 0.29) is 19.2 Å². The number of furan rings is 1. The van der Waals surface area contributed by atoms with Crippen LogP contribution in [0.2, 0.25) is 0 Å². The van der Waals surface area contributed by atoms with Gasteiger partial charge in [0.1, 0.15) is 12.3 Å². The summed E-state index contributed by atoms with van der Waals surface area (Å²) >= 11 is 0. The van der Waals surface area contributed by atoms with Crippen molar-refractivity contribution in [3.05, 3.63) is 47.7 Å². The summed E-state index contributed by atoms with van der Waals surface area (Å²) in [5.74, 6) is 1.93. The van der Waals surface area contributed by atoms with Crippen molar-refractivity contribution in [2.45, 2.75) is 13.5 Å². The Morgan fingerprint density at radius 3 is 2.88 bits per heavy atom. The lowest BCUT2D eigenvalue weighted by atomic mass is 10.1. The molecule has 0 spiro atoms. The van der Waals surface area contributed by atoms with Crippen molar-refractivity contribution >= 4 is 50.5 Å². The molecule has 0 bridgehead atoms. The second-order valence-electron chi connectivity index (χ2n) is 7.10. The molecule has 0 unspecified atom stereocenters. The third-order valence-electron chi connectivity index (χ3n) is 4.65. The normalized spacial score (nSPS) is 11.1. The first-order chi connectivity index (χ1) is 16.5. The minimum Gasteiger partial charge on any atom is -0.463 e. The Morgan fingerprint density at radius 2 is 2.12 bits per heavy atom. The number of ether oxygens (including phenoxy) is 1. The summed E-state index contributed by atoms with van der Waals surface area (Å²) in [6, 6.07) is 9.18. The van der Waals surface area contributed by atoms with Crippen LogP contribution in [-0.4, -0.2) is 60.9 Å². The molecule has 4 rings (SSSR count). The fourth-order valence-electron chi connectivity index (χ4n) is 3.17. The van der Waals surface area contributed by atoms with Gasteiger partial charge in [-0.25, -0.2) is 14.5 Å². The van der Waals surface area contributed by atoms with Crippen molar-refractivity contribution in [1.82, 2.24) is 25.0 Å². The van der Waals surface area contributed by atoms with E-state index in [1.807, 2.05) is 25.1 Å². The standard InChI is InChI=1S/C21H23N7O4S2/c1-13-11-14(4-5-15(13)23-21(30)32-8-10-34-33-9-6-29)12-28-19-18(26-27-28)17(24-20(22)25-19)16-3-2-7-31-16/h2-5,7,11,29H,6,8-10,12H2,1H3,(H,23,30)(H2,22,24,25). The monoisotopic (exact) mass is 501 g/mol. The number of carbonyl (C=O) groups excluding carboxylic acids is 1. The zero-order chi connectivity index (χ0) is 23.9. The van der Waals surface area contributed by atoms with Crippen molar-refractivity contribution in [2.75, 3.05) is 35.8 Å². The highest BCUT2D eigenvalue weighted by Crippen LogP contribution is 2.26. The van der Waals surface area contributed by atoms with Crippen molar-refractivity contribution in [2.24, 2.45) is 0 Å². The summed E-state index contributed by atoms with van der Waals surface area (Å²) in [5.41, 5.74) is 9.86. The maximum atomic E-state index is 12.1. The molecule has 0 atom stereocenters. The molecule has 4 aromatic rings. The molecule has 34 heavy (non-hydrogen) atoms. The van der Waals surface area contributed by atoms with Crippen LogP contribution >= 0.6 is 21.6 Å². The number of nitrogens with zero attached hydrogens (tertiary/aromatic N) is 5. The third-order valence-corrected chi connectivity index (χ3v) is 7.00. The van der Waals surface area contributed by atoms with Gasteiger partial charge >= 0.3 is 6.09 Å². The molecular formula is C21H23N7O4S2. The molecule has 3 heterocycles. The first kappa shape index (κ1) is 23.9. The van der Waals surface area contributed by atoms with Gasteiger partial charge in [0.25, 0.3) is 0 Å². The molecule has 0 radical (unpaired) electrons. The number of aliphatic hydroxyl groups is 1. The fourth-order valence-corrected chi connectivity index (χ4v) is 4.77. The summed E-state index contributed by atoms with van der Waals surface area (Å²) in [7, 11) is 3.09. The van der Waals surface area contributed by atoms with Gasteiger partial charge in [0.05, 0.1) is 19.4 Å². The van der Waals surface area contributed by atoms with Crippen LogP contribution in [0, 0.1) is 6.92 Å². The number of amides is 1. The average molecular weight is 502 g/mol. The quantitative estimate of drug-likeness (QED) is 0.216. The van der Waals surface area contributed by atoms with Crippen LogP contribution in [0.5, 0.6) is 0 Å². The lowest BCUT2D eigenvalue weighted by Gasteiger charge is -2.11. The van der Waals surface area contributed by atoms with E-state index in [9.17, 15) is 4.79 Å². The molecular weight excluding hydrogens is 478 g/mol. The SMILES string of the molecule is Cc1cc(Cn2nnc3c(-c4ccco4)nc(N)nc32)ccc1NC(=O)OCCSSCCO. The van der Waals surface area contributed by atoms with E-state index in [0.717, 1.165) is 11.1 Å². The summed E-state index contributed by atoms with van der Waals surface area (Å²) in [6.07, 6.45) is 1.04. The van der Waals surface area contributed by atoms with Gasteiger partial charge < -0.3 is 20.0 Å². The zero-order valence-corrected chi connectivity index (χ0v) is 19.9. The van der Waals surface area contributed by atoms with E-state index in [0.29, 0.717) is 46.4 Å². The average Bonchev–Trinajstić information content (AvgIpc) is 3.48. The van der Waals surface area contributed by atoms with Crippen LogP contribution in [-0.2, 0) is 11.3 Å². The number of aliphatic hydroxyl groups excluding tert-OH is 1. The lowest BCUT2D eigenvalue weighted by Crippen LogP contribution is -2.16. The summed E-state index contributed by atoms with van der Waals surface area (Å²) in [5, 5.41) is 20.0. The van der Waals surface area contributed by atoms with E-state index in [4.69, 9.17) is 20.0 Å². The maximum absolute atomic E-state index is 12.1. The van der Waals surface area contributed by atoms with Crippen molar-refractivity contribution in [3.8, 4) is 11.5 Å². The Hall–Kier alpha value is -3.29. The first-order valence-corrected chi connectivity index (χ1v) is 12.8. The molecule has 1 aromatic carbocycles. The lowest BCUT2D eigenvalue weighted by molar-refractivity contribution is 0.169. The zero-order valence-electron chi connectivity index (χ0n) is 18.3. The highest BCUT2D eigenvalue weighted by atomic mass is 33.1. The first-order valence-electron chi connectivity index (χ1n) is 10.3. The number of nitrogens with one attached hydrogen (secondary N) is 1. The molecule has 0 aliphatic rings. The van der Waals surface area contributed by atoms with Gasteiger partial charge in [0.2, 0.25) is 5.95 Å². The number of nitrogens with two attached hydrogens (primary N) is 1. The van der Waals surface area contributed by atoms with E-state index in [1.165, 1.54) is 10.8 Å². The molecule has 178 valence electrons. The van der Waals surface area contributed by atoms with Gasteiger partial charge in [-0.05, 0) is 36.2 Å². The highest BCUT2D eigenvalue weighted by molar-refractivity contribution is 8.76. The Balaban J connectivity index is 1.41. The van der Waals surface area contributed by atoms with Crippen LogP contribution < -0.4 is 11.1 Å². The molecule has 0 saturated heterocycles. The number of fused-ring (bicyclic) bond motifs is 1. The van der Waals surface area contributed by atoms with Crippen LogP contribution in [0.3, 0.4) is 0 Å². The van der Waals surface area contributed by atoms with Crippen LogP contribution in [0.25, 0.3) is 22.6 Å². The van der Waals surface area contributed by atoms with Crippen LogP contribution in [0.15, 0.2) is 41.0 Å². The molecule has 0 saturated carbocycles. The van der Waals surface area contributed by atoms with Gasteiger partial charge in [-0.2, -0.15) is 4.98 Å². The number of benzene rings is 1. The molecule has 0 fully saturated rings. The number of rotatable bonds is 10. The van der Waals surface area contributed by atoms with Gasteiger partial charge in [0.15, 0.2) is 16.9 Å². The molecule has 0 aliphatic carbocycles. The third kappa shape index (κ3) is 5.79. The number of hydrogen-bond donors (Lipinski definition) is 3. The van der Waals surface area contributed by atoms with Gasteiger partial charge in [0, 0.05) is 17.2 Å². The highest BCUT2D eigenvalue weighted by Gasteiger charge is 2.17.